The van der Waals surface area contributed by atoms with Gasteiger partial charge in [-0.25, -0.2) is 0 Å². The minimum Gasteiger partial charge on any atom is -0.358 e. The van der Waals surface area contributed by atoms with Crippen molar-refractivity contribution in [1.82, 2.24) is 15.2 Å². The number of carbonyl (C=O) groups is 2. The number of fused-ring (bicyclic) bond motifs is 1. The maximum Gasteiger partial charge on any atom is 0.251 e. The summed E-state index contributed by atoms with van der Waals surface area (Å²) in [5.74, 6) is 4.83. The average Bonchev–Trinajstić information content (AvgIpc) is 3.15. The summed E-state index contributed by atoms with van der Waals surface area (Å²) in [6.07, 6.45) is 15.1. The van der Waals surface area contributed by atoms with Gasteiger partial charge in [0.15, 0.2) is 5.54 Å². The fraction of sp³-hybridized carbons (Fsp3) is 0.697. The van der Waals surface area contributed by atoms with Gasteiger partial charge in [-0.2, -0.15) is 0 Å². The van der Waals surface area contributed by atoms with Gasteiger partial charge in [-0.1, -0.05) is 18.2 Å². The van der Waals surface area contributed by atoms with E-state index < -0.39 is 5.54 Å². The van der Waals surface area contributed by atoms with Gasteiger partial charge < -0.3 is 15.2 Å². The number of nitrogens with one attached hydrogen (secondary N) is 2. The van der Waals surface area contributed by atoms with Crippen molar-refractivity contribution in [1.29, 1.82) is 0 Å². The molecular formula is C33H41N3O2. The van der Waals surface area contributed by atoms with Crippen molar-refractivity contribution >= 4 is 22.7 Å². The van der Waals surface area contributed by atoms with Crippen molar-refractivity contribution < 1.29 is 9.59 Å². The van der Waals surface area contributed by atoms with Crippen LogP contribution in [-0.2, 0) is 15.1 Å². The summed E-state index contributed by atoms with van der Waals surface area (Å²) < 4.78 is 0. The number of aryl methyl sites for hydroxylation is 1. The highest BCUT2D eigenvalue weighted by Gasteiger charge is 2.69. The van der Waals surface area contributed by atoms with Crippen LogP contribution in [0.5, 0.6) is 0 Å². The first-order valence-electron chi connectivity index (χ1n) is 15.6. The van der Waals surface area contributed by atoms with E-state index in [0.29, 0.717) is 6.42 Å². The molecule has 2 heterocycles. The van der Waals surface area contributed by atoms with Crippen LogP contribution in [0.15, 0.2) is 24.3 Å². The lowest BCUT2D eigenvalue weighted by Gasteiger charge is -2.67. The van der Waals surface area contributed by atoms with Crippen molar-refractivity contribution in [2.45, 2.75) is 107 Å². The Morgan fingerprint density at radius 2 is 1.37 bits per heavy atom. The number of carbonyl (C=O) groups excluding carboxylic acids is 2. The van der Waals surface area contributed by atoms with Crippen molar-refractivity contribution in [3.8, 4) is 0 Å². The molecule has 2 amide bonds. The first-order valence-corrected chi connectivity index (χ1v) is 15.6. The Kier molecular flexibility index (Phi) is 4.30. The number of benzene rings is 1. The third-order valence-electron chi connectivity index (χ3n) is 12.6. The molecule has 1 aromatic heterocycles. The zero-order valence-electron chi connectivity index (χ0n) is 22.7. The van der Waals surface area contributed by atoms with E-state index in [1.54, 1.807) is 0 Å². The summed E-state index contributed by atoms with van der Waals surface area (Å²) in [4.78, 5) is 34.8. The number of H-pyrrole nitrogens is 1. The molecule has 1 atom stereocenters. The normalized spacial score (nSPS) is 46.1. The van der Waals surface area contributed by atoms with Gasteiger partial charge in [0.25, 0.3) is 5.91 Å². The molecule has 5 heteroatoms. The molecule has 8 saturated carbocycles. The molecule has 1 saturated heterocycles. The molecule has 8 aliphatic carbocycles. The Hall–Kier alpha value is -2.30. The van der Waals surface area contributed by atoms with Crippen LogP contribution < -0.4 is 5.32 Å². The van der Waals surface area contributed by atoms with E-state index in [9.17, 15) is 4.79 Å². The number of aromatic amines is 1. The minimum absolute atomic E-state index is 0.0649. The molecule has 1 aliphatic heterocycles. The van der Waals surface area contributed by atoms with Gasteiger partial charge in [0.05, 0.1) is 6.42 Å². The zero-order chi connectivity index (χ0) is 25.4. The number of aromatic nitrogens is 1. The summed E-state index contributed by atoms with van der Waals surface area (Å²) in [6.45, 7) is 2.12. The van der Waals surface area contributed by atoms with E-state index in [4.69, 9.17) is 0 Å². The van der Waals surface area contributed by atoms with Crippen molar-refractivity contribution in [2.75, 3.05) is 0 Å². The van der Waals surface area contributed by atoms with E-state index in [1.165, 1.54) is 38.5 Å². The summed E-state index contributed by atoms with van der Waals surface area (Å²) in [5, 5.41) is 4.90. The standard InChI is InChI=1S/C33H41N3O2/c1-19-29(26-4-2-3-5-27(26)34-19)33(30(38)35-31-12-20-6-21(13-31)8-22(7-20)14-31)18-28(37)36(33)32-15-23-9-24(16-32)11-25(10-23)17-32/h2-5,20-25,34H,6-18H2,1H3,(H,35,38). The van der Waals surface area contributed by atoms with Crippen LogP contribution in [0.3, 0.4) is 0 Å². The van der Waals surface area contributed by atoms with Crippen LogP contribution in [0, 0.1) is 42.4 Å². The summed E-state index contributed by atoms with van der Waals surface area (Å²) in [5.41, 5.74) is 2.10. The molecular weight excluding hydrogens is 470 g/mol. The van der Waals surface area contributed by atoms with Crippen LogP contribution in [-0.4, -0.2) is 32.8 Å². The minimum atomic E-state index is -0.893. The molecule has 38 heavy (non-hydrogen) atoms. The molecule has 1 unspecified atom stereocenters. The van der Waals surface area contributed by atoms with Gasteiger partial charge in [0.2, 0.25) is 5.91 Å². The monoisotopic (exact) mass is 511 g/mol. The summed E-state index contributed by atoms with van der Waals surface area (Å²) >= 11 is 0. The van der Waals surface area contributed by atoms with E-state index in [1.807, 2.05) is 0 Å². The lowest BCUT2D eigenvalue weighted by molar-refractivity contribution is -0.201. The van der Waals surface area contributed by atoms with Crippen molar-refractivity contribution in [3.63, 3.8) is 0 Å². The smallest absolute Gasteiger partial charge is 0.251 e. The second kappa shape index (κ2) is 7.26. The zero-order valence-corrected chi connectivity index (χ0v) is 22.7. The quantitative estimate of drug-likeness (QED) is 0.498. The second-order valence-corrected chi connectivity index (χ2v) is 15.2. The number of nitrogens with zero attached hydrogens (tertiary/aromatic N) is 1. The molecule has 9 fully saturated rings. The number of β-lactam (4-membered cyclic amide) rings is 1. The molecule has 9 aliphatic rings. The number of hydrogen-bond donors (Lipinski definition) is 2. The maximum absolute atomic E-state index is 15.1. The average molecular weight is 512 g/mol. The van der Waals surface area contributed by atoms with E-state index in [0.717, 1.165) is 96.2 Å². The predicted octanol–water partition coefficient (Wildman–Crippen LogP) is 5.96. The van der Waals surface area contributed by atoms with Crippen LogP contribution >= 0.6 is 0 Å². The van der Waals surface area contributed by atoms with Gasteiger partial charge in [0, 0.05) is 33.2 Å². The lowest BCUT2D eigenvalue weighted by atomic mass is 9.50. The van der Waals surface area contributed by atoms with Crippen LogP contribution in [0.25, 0.3) is 10.9 Å². The molecule has 1 aromatic carbocycles. The SMILES string of the molecule is Cc1[nH]c2ccccc2c1C1(C(=O)NC23CC4CC(CC(C4)C2)C3)CC(=O)N1C12CC3CC(CC(C3)C1)C2. The highest BCUT2D eigenvalue weighted by atomic mass is 16.2. The number of likely N-dealkylation sites (tertiary alicyclic amines) is 1. The maximum atomic E-state index is 15.1. The Morgan fingerprint density at radius 3 is 1.92 bits per heavy atom. The van der Waals surface area contributed by atoms with Crippen LogP contribution in [0.4, 0.5) is 0 Å². The fourth-order valence-corrected chi connectivity index (χ4v) is 12.4. The first kappa shape index (κ1) is 22.5. The third-order valence-corrected chi connectivity index (χ3v) is 12.6. The predicted molar refractivity (Wildman–Crippen MR) is 146 cm³/mol. The molecule has 2 N–H and O–H groups in total. The molecule has 200 valence electrons. The van der Waals surface area contributed by atoms with Gasteiger partial charge >= 0.3 is 0 Å². The first-order chi connectivity index (χ1) is 18.3. The number of rotatable bonds is 4. The lowest BCUT2D eigenvalue weighted by Crippen LogP contribution is -2.78. The highest BCUT2D eigenvalue weighted by Crippen LogP contribution is 2.63. The fourth-order valence-electron chi connectivity index (χ4n) is 12.4. The molecule has 0 radical (unpaired) electrons. The molecule has 2 aromatic rings. The highest BCUT2D eigenvalue weighted by molar-refractivity contribution is 6.06. The molecule has 0 spiro atoms. The number of para-hydroxylation sites is 1. The van der Waals surface area contributed by atoms with Crippen LogP contribution in [0.2, 0.25) is 0 Å². The topological polar surface area (TPSA) is 65.2 Å². The summed E-state index contributed by atoms with van der Waals surface area (Å²) in [7, 11) is 0. The summed E-state index contributed by atoms with van der Waals surface area (Å²) in [6, 6.07) is 8.42. The van der Waals surface area contributed by atoms with E-state index in [-0.39, 0.29) is 22.9 Å². The molecule has 11 rings (SSSR count). The third kappa shape index (κ3) is 2.84. The van der Waals surface area contributed by atoms with Crippen LogP contribution in [0.1, 0.15) is 94.7 Å². The molecule has 5 nitrogen and oxygen atoms in total. The van der Waals surface area contributed by atoms with Gasteiger partial charge in [0.1, 0.15) is 0 Å². The Labute approximate surface area is 225 Å². The largest absolute Gasteiger partial charge is 0.358 e. The van der Waals surface area contributed by atoms with E-state index >= 15 is 4.79 Å². The number of amides is 2. The van der Waals surface area contributed by atoms with Gasteiger partial charge in [-0.3, -0.25) is 9.59 Å². The number of hydrogen-bond acceptors (Lipinski definition) is 2. The molecule has 8 bridgehead atoms. The second-order valence-electron chi connectivity index (χ2n) is 15.2. The van der Waals surface area contributed by atoms with Gasteiger partial charge in [-0.05, 0) is 126 Å². The van der Waals surface area contributed by atoms with Crippen molar-refractivity contribution in [2.24, 2.45) is 35.5 Å². The Morgan fingerprint density at radius 1 is 0.842 bits per heavy atom. The Bertz CT molecular complexity index is 1300. The Balaban J connectivity index is 1.19. The van der Waals surface area contributed by atoms with E-state index in [2.05, 4.69) is 46.4 Å². The van der Waals surface area contributed by atoms with Gasteiger partial charge in [-0.15, -0.1) is 0 Å². The van der Waals surface area contributed by atoms with Crippen molar-refractivity contribution in [3.05, 3.63) is 35.5 Å².